The number of para-hydroxylation sites is 2. The van der Waals surface area contributed by atoms with Gasteiger partial charge in [-0.3, -0.25) is 4.98 Å². The zero-order chi connectivity index (χ0) is 46.6. The molecule has 317 valence electrons. The van der Waals surface area contributed by atoms with E-state index in [1.807, 2.05) is 51.2 Å². The molecule has 0 unspecified atom stereocenters. The van der Waals surface area contributed by atoms with Gasteiger partial charge in [0.05, 0.1) is 30.5 Å². The van der Waals surface area contributed by atoms with Crippen LogP contribution in [0.4, 0.5) is 0 Å². The predicted octanol–water partition coefficient (Wildman–Crippen LogP) is 14.5. The van der Waals surface area contributed by atoms with Gasteiger partial charge in [0.1, 0.15) is 0 Å². The Morgan fingerprint density at radius 2 is 1.45 bits per heavy atom. The van der Waals surface area contributed by atoms with Crippen molar-refractivity contribution in [3.05, 3.63) is 162 Å². The minimum atomic E-state index is -2.13. The summed E-state index contributed by atoms with van der Waals surface area (Å²) < 4.78 is 39.6. The van der Waals surface area contributed by atoms with E-state index >= 15 is 0 Å². The van der Waals surface area contributed by atoms with E-state index < -0.39 is 20.8 Å². The van der Waals surface area contributed by atoms with Gasteiger partial charge in [-0.2, -0.15) is 0 Å². The van der Waals surface area contributed by atoms with Crippen LogP contribution < -0.4 is 5.19 Å². The smallest absolute Gasteiger partial charge is 0.216 e. The summed E-state index contributed by atoms with van der Waals surface area (Å²) in [5.74, 6) is 0.687. The molecule has 4 aromatic heterocycles. The summed E-state index contributed by atoms with van der Waals surface area (Å²) in [7, 11) is -1.61. The van der Waals surface area contributed by atoms with Gasteiger partial charge in [-0.05, 0) is 94.2 Å². The molecule has 0 atom stereocenters. The van der Waals surface area contributed by atoms with Crippen molar-refractivity contribution in [2.45, 2.75) is 92.7 Å². The van der Waals surface area contributed by atoms with Gasteiger partial charge in [-0.15, -0.1) is 53.6 Å². The first kappa shape index (κ1) is 39.4. The molecule has 0 aliphatic rings. The summed E-state index contributed by atoms with van der Waals surface area (Å²) in [6, 6.07) is 45.2. The second kappa shape index (κ2) is 18.1. The molecule has 0 saturated heterocycles. The van der Waals surface area contributed by atoms with Crippen LogP contribution in [0, 0.1) is 25.9 Å². The van der Waals surface area contributed by atoms with E-state index in [-0.39, 0.29) is 25.7 Å². The molecule has 0 saturated carbocycles. The second-order valence-corrected chi connectivity index (χ2v) is 22.8. The molecule has 4 heterocycles. The maximum atomic E-state index is 8.48. The average molecular weight is 1010 g/mol. The molecule has 9 aromatic rings. The van der Waals surface area contributed by atoms with Gasteiger partial charge in [-0.1, -0.05) is 133 Å². The van der Waals surface area contributed by atoms with Crippen molar-refractivity contribution in [2.24, 2.45) is 0 Å². The molecular formula is C55H56IrN4OSi-2. The number of aromatic nitrogens is 4. The molecule has 5 nitrogen and oxygen atoms in total. The average Bonchev–Trinajstić information content (AvgIpc) is 3.83. The molecule has 0 fully saturated rings. The van der Waals surface area contributed by atoms with Gasteiger partial charge in [0.25, 0.3) is 0 Å². The van der Waals surface area contributed by atoms with Crippen molar-refractivity contribution in [3.63, 3.8) is 0 Å². The molecule has 62 heavy (non-hydrogen) atoms. The molecule has 0 aliphatic heterocycles. The fourth-order valence-corrected chi connectivity index (χ4v) is 9.70. The van der Waals surface area contributed by atoms with Crippen molar-refractivity contribution >= 4 is 46.4 Å². The minimum absolute atomic E-state index is 0. The Morgan fingerprint density at radius 1 is 0.742 bits per heavy atom. The third-order valence-corrected chi connectivity index (χ3v) is 13.3. The molecular weight excluding hydrogens is 953 g/mol. The van der Waals surface area contributed by atoms with Gasteiger partial charge < -0.3 is 14.0 Å². The number of benzene rings is 5. The summed E-state index contributed by atoms with van der Waals surface area (Å²) in [5.41, 5.74) is 14.1. The first-order valence-corrected chi connectivity index (χ1v) is 24.7. The normalized spacial score (nSPS) is 13.1. The van der Waals surface area contributed by atoms with Crippen LogP contribution in [-0.4, -0.2) is 27.6 Å². The SMILES string of the molecule is Cc1ccc2c(n1)oc1c(-c3nc4ccccc4n3-c3c(C(C)C)cc(-c4ccccc4)cc3C(C)C)[c-]ccc12.[2H]C([2H])([2H])c1c[c-]c(-c2cc(C([2H])(C)C)c([Si](C)(C)C)cn2)cc1.[Ir]. The van der Waals surface area contributed by atoms with Crippen molar-refractivity contribution in [2.75, 3.05) is 0 Å². The standard InChI is InChI=1S/C37H32N3O.C18H24NSi.Ir/c1-22(2)30-20-26(25-12-7-6-8-13-25)21-31(23(3)4)34(30)40-33-17-10-9-16-32(33)39-36(40)29-15-11-14-27-28-19-18-24(5)38-37(28)41-35(27)29;1-13(2)16-11-17(15-9-7-14(3)8-10-15)19-12-18(16)20(4,5)6;/h6-14,16-23H,1-5H3;7-9,11-13H,1-6H3;/q2*-1;/i;3D3,13D;. The van der Waals surface area contributed by atoms with E-state index in [0.717, 1.165) is 61.3 Å². The third-order valence-electron chi connectivity index (χ3n) is 11.3. The Hall–Kier alpha value is -5.46. The Labute approximate surface area is 387 Å². The van der Waals surface area contributed by atoms with Crippen LogP contribution >= 0.6 is 0 Å². The van der Waals surface area contributed by atoms with Crippen molar-refractivity contribution < 1.29 is 30.0 Å². The van der Waals surface area contributed by atoms with Crippen molar-refractivity contribution in [3.8, 4) is 39.5 Å². The Morgan fingerprint density at radius 3 is 2.10 bits per heavy atom. The molecule has 9 rings (SSSR count). The van der Waals surface area contributed by atoms with Crippen molar-refractivity contribution in [1.29, 1.82) is 0 Å². The predicted molar refractivity (Wildman–Crippen MR) is 259 cm³/mol. The fourth-order valence-electron chi connectivity index (χ4n) is 8.11. The fraction of sp³-hybridized carbons (Fsp3) is 0.255. The van der Waals surface area contributed by atoms with Gasteiger partial charge in [0.2, 0.25) is 5.71 Å². The molecule has 1 radical (unpaired) electrons. The van der Waals surface area contributed by atoms with E-state index in [1.54, 1.807) is 12.1 Å². The number of pyridine rings is 2. The van der Waals surface area contributed by atoms with Crippen LogP contribution in [0.25, 0.3) is 72.6 Å². The largest absolute Gasteiger partial charge is 0.486 e. The zero-order valence-electron chi connectivity index (χ0n) is 41.2. The number of nitrogens with zero attached hydrogens (tertiary/aromatic N) is 4. The van der Waals surface area contributed by atoms with Gasteiger partial charge >= 0.3 is 0 Å². The summed E-state index contributed by atoms with van der Waals surface area (Å²) in [6.45, 7) is 19.5. The molecule has 0 aliphatic carbocycles. The first-order chi connectivity index (χ1) is 30.7. The van der Waals surface area contributed by atoms with Crippen LogP contribution in [0.2, 0.25) is 19.6 Å². The number of fused-ring (bicyclic) bond motifs is 4. The number of hydrogen-bond acceptors (Lipinski definition) is 4. The van der Waals surface area contributed by atoms with E-state index in [1.165, 1.54) is 39.2 Å². The minimum Gasteiger partial charge on any atom is -0.486 e. The van der Waals surface area contributed by atoms with Crippen LogP contribution in [0.1, 0.15) is 92.7 Å². The Kier molecular flexibility index (Phi) is 11.5. The number of imidazole rings is 1. The van der Waals surface area contributed by atoms with E-state index in [2.05, 4.69) is 147 Å². The maximum absolute atomic E-state index is 8.48. The van der Waals surface area contributed by atoms with Crippen LogP contribution in [0.15, 0.2) is 126 Å². The van der Waals surface area contributed by atoms with E-state index in [4.69, 9.17) is 14.9 Å². The Balaban J connectivity index is 0.000000223. The number of furan rings is 1. The van der Waals surface area contributed by atoms with Crippen molar-refractivity contribution in [1.82, 2.24) is 19.5 Å². The van der Waals surface area contributed by atoms with Crippen LogP contribution in [-0.2, 0) is 20.1 Å². The molecule has 0 bridgehead atoms. The molecule has 0 N–H and O–H groups in total. The summed E-state index contributed by atoms with van der Waals surface area (Å²) in [5, 5.41) is 3.21. The van der Waals surface area contributed by atoms with E-state index in [0.29, 0.717) is 17.5 Å². The second-order valence-electron chi connectivity index (χ2n) is 17.8. The molecule has 0 amide bonds. The summed E-state index contributed by atoms with van der Waals surface area (Å²) in [6.07, 6.45) is 1.89. The van der Waals surface area contributed by atoms with Crippen LogP contribution in [0.5, 0.6) is 0 Å². The topological polar surface area (TPSA) is 56.7 Å². The molecule has 0 spiro atoms. The van der Waals surface area contributed by atoms with Gasteiger partial charge in [0.15, 0.2) is 0 Å². The molecule has 7 heteroatoms. The first-order valence-electron chi connectivity index (χ1n) is 23.2. The summed E-state index contributed by atoms with van der Waals surface area (Å²) in [4.78, 5) is 14.5. The van der Waals surface area contributed by atoms with Gasteiger partial charge in [0, 0.05) is 48.6 Å². The number of rotatable bonds is 8. The zero-order valence-corrected chi connectivity index (χ0v) is 40.6. The van der Waals surface area contributed by atoms with Crippen LogP contribution in [0.3, 0.4) is 0 Å². The van der Waals surface area contributed by atoms with Gasteiger partial charge in [-0.25, -0.2) is 4.98 Å². The molecule has 5 aromatic carbocycles. The monoisotopic (exact) mass is 1010 g/mol. The maximum Gasteiger partial charge on any atom is 0.216 e. The summed E-state index contributed by atoms with van der Waals surface area (Å²) >= 11 is 0. The number of hydrogen-bond donors (Lipinski definition) is 0. The number of aryl methyl sites for hydroxylation is 2. The third kappa shape index (κ3) is 8.77. The Bertz CT molecular complexity index is 3150. The van der Waals surface area contributed by atoms with E-state index in [9.17, 15) is 0 Å². The quantitative estimate of drug-likeness (QED) is 0.112.